The van der Waals surface area contributed by atoms with Crippen molar-refractivity contribution in [2.24, 2.45) is 4.99 Å². The Morgan fingerprint density at radius 2 is 1.60 bits per heavy atom. The quantitative estimate of drug-likeness (QED) is 0.744. The molecular weight excluding hydrogens is 394 g/mol. The minimum absolute atomic E-state index is 0.573. The molecule has 2 aromatic carbocycles. The maximum atomic E-state index is 4.83. The van der Waals surface area contributed by atoms with Crippen molar-refractivity contribution in [2.45, 2.75) is 11.7 Å². The molecule has 1 atom stereocenters. The molecule has 0 spiro atoms. The van der Waals surface area contributed by atoms with E-state index in [1.807, 2.05) is 11.8 Å². The molecule has 2 heterocycles. The molecule has 3 nitrogen and oxygen atoms in total. The molecule has 2 aliphatic heterocycles. The average molecular weight is 416 g/mol. The Kier molecular flexibility index (Phi) is 5.32. The fourth-order valence-electron chi connectivity index (χ4n) is 3.36. The van der Waals surface area contributed by atoms with Crippen LogP contribution in [0.2, 0.25) is 0 Å². The number of para-hydroxylation sites is 1. The Morgan fingerprint density at radius 1 is 0.920 bits per heavy atom. The molecule has 0 radical (unpaired) electrons. The number of halogens is 1. The number of amidine groups is 1. The number of thioether (sulfide) groups is 1. The predicted octanol–water partition coefficient (Wildman–Crippen LogP) is 4.29. The van der Waals surface area contributed by atoms with Gasteiger partial charge in [-0.3, -0.25) is 4.99 Å². The molecule has 2 aliphatic rings. The van der Waals surface area contributed by atoms with Crippen molar-refractivity contribution >= 4 is 38.5 Å². The Morgan fingerprint density at radius 3 is 2.32 bits per heavy atom. The van der Waals surface area contributed by atoms with Crippen LogP contribution in [0.1, 0.15) is 5.56 Å². The van der Waals surface area contributed by atoms with Crippen LogP contribution in [0.3, 0.4) is 0 Å². The second-order valence-corrected chi connectivity index (χ2v) is 8.69. The normalized spacial score (nSPS) is 20.7. The highest BCUT2D eigenvalue weighted by atomic mass is 79.9. The lowest BCUT2D eigenvalue weighted by Gasteiger charge is -2.37. The molecule has 0 saturated carbocycles. The molecule has 25 heavy (non-hydrogen) atoms. The van der Waals surface area contributed by atoms with Gasteiger partial charge in [0.15, 0.2) is 5.17 Å². The smallest absolute Gasteiger partial charge is 0.159 e. The highest BCUT2D eigenvalue weighted by Crippen LogP contribution is 2.28. The maximum Gasteiger partial charge on any atom is 0.159 e. The van der Waals surface area contributed by atoms with Gasteiger partial charge in [0.25, 0.3) is 0 Å². The van der Waals surface area contributed by atoms with Crippen molar-refractivity contribution in [1.29, 1.82) is 0 Å². The third-order valence-electron chi connectivity index (χ3n) is 4.75. The van der Waals surface area contributed by atoms with Crippen molar-refractivity contribution in [3.63, 3.8) is 0 Å². The number of hydrogen-bond acceptors (Lipinski definition) is 4. The monoisotopic (exact) mass is 415 g/mol. The Hall–Kier alpha value is -1.46. The van der Waals surface area contributed by atoms with E-state index in [0.717, 1.165) is 43.6 Å². The fourth-order valence-corrected chi connectivity index (χ4v) is 4.83. The van der Waals surface area contributed by atoms with Gasteiger partial charge in [0.1, 0.15) is 0 Å². The van der Waals surface area contributed by atoms with Crippen LogP contribution in [0.25, 0.3) is 0 Å². The largest absolute Gasteiger partial charge is 0.368 e. The van der Waals surface area contributed by atoms with E-state index in [1.54, 1.807) is 0 Å². The second-order valence-electron chi connectivity index (χ2n) is 6.50. The second kappa shape index (κ2) is 7.83. The molecule has 0 amide bonds. The average Bonchev–Trinajstić information content (AvgIpc) is 3.13. The number of rotatable bonds is 3. The van der Waals surface area contributed by atoms with E-state index in [4.69, 9.17) is 4.99 Å². The van der Waals surface area contributed by atoms with Crippen LogP contribution in [0.4, 0.5) is 5.69 Å². The van der Waals surface area contributed by atoms with Crippen molar-refractivity contribution in [3.05, 3.63) is 64.6 Å². The van der Waals surface area contributed by atoms with E-state index in [1.165, 1.54) is 16.4 Å². The third kappa shape index (κ3) is 4.21. The summed E-state index contributed by atoms with van der Waals surface area (Å²) in [5, 5.41) is 1.82. The van der Waals surface area contributed by atoms with Crippen molar-refractivity contribution in [1.82, 2.24) is 4.90 Å². The molecule has 1 saturated heterocycles. The predicted molar refractivity (Wildman–Crippen MR) is 112 cm³/mol. The summed E-state index contributed by atoms with van der Waals surface area (Å²) < 4.78 is 1.14. The van der Waals surface area contributed by atoms with Gasteiger partial charge in [-0.2, -0.15) is 0 Å². The first kappa shape index (κ1) is 17.0. The number of hydrogen-bond donors (Lipinski definition) is 0. The Balaban J connectivity index is 1.29. The van der Waals surface area contributed by atoms with Gasteiger partial charge in [-0.1, -0.05) is 58.0 Å². The van der Waals surface area contributed by atoms with Crippen LogP contribution >= 0.6 is 27.7 Å². The van der Waals surface area contributed by atoms with Gasteiger partial charge in [-0.05, 0) is 36.2 Å². The molecule has 4 rings (SSSR count). The molecule has 5 heteroatoms. The van der Waals surface area contributed by atoms with E-state index < -0.39 is 0 Å². The molecule has 0 aliphatic carbocycles. The lowest BCUT2D eigenvalue weighted by molar-refractivity contribution is 0.392. The lowest BCUT2D eigenvalue weighted by Crippen LogP contribution is -2.47. The molecule has 1 unspecified atom stereocenters. The van der Waals surface area contributed by atoms with E-state index in [2.05, 4.69) is 80.3 Å². The summed E-state index contributed by atoms with van der Waals surface area (Å²) in [6.07, 6.45) is 1.09. The van der Waals surface area contributed by atoms with Crippen molar-refractivity contribution in [3.8, 4) is 0 Å². The number of benzene rings is 2. The first-order chi connectivity index (χ1) is 12.3. The topological polar surface area (TPSA) is 18.8 Å². The van der Waals surface area contributed by atoms with Crippen LogP contribution in [-0.4, -0.2) is 48.0 Å². The first-order valence-electron chi connectivity index (χ1n) is 8.78. The van der Waals surface area contributed by atoms with Gasteiger partial charge >= 0.3 is 0 Å². The van der Waals surface area contributed by atoms with E-state index in [9.17, 15) is 0 Å². The zero-order valence-corrected chi connectivity index (χ0v) is 16.5. The zero-order valence-electron chi connectivity index (χ0n) is 14.1. The minimum atomic E-state index is 0.573. The summed E-state index contributed by atoms with van der Waals surface area (Å²) in [6, 6.07) is 19.4. The Labute approximate surface area is 162 Å². The van der Waals surface area contributed by atoms with E-state index >= 15 is 0 Å². The van der Waals surface area contributed by atoms with Gasteiger partial charge in [0.05, 0.1) is 6.54 Å². The molecule has 0 aromatic heterocycles. The van der Waals surface area contributed by atoms with Gasteiger partial charge < -0.3 is 9.80 Å². The summed E-state index contributed by atoms with van der Waals surface area (Å²) in [5.41, 5.74) is 2.72. The van der Waals surface area contributed by atoms with Crippen LogP contribution in [0.5, 0.6) is 0 Å². The summed E-state index contributed by atoms with van der Waals surface area (Å²) in [6.45, 7) is 5.20. The van der Waals surface area contributed by atoms with Crippen LogP contribution < -0.4 is 4.90 Å². The maximum absolute atomic E-state index is 4.83. The first-order valence-corrected chi connectivity index (χ1v) is 10.5. The molecule has 0 bridgehead atoms. The van der Waals surface area contributed by atoms with Crippen LogP contribution in [-0.2, 0) is 6.42 Å². The molecular formula is C20H22BrN3S. The number of anilines is 1. The van der Waals surface area contributed by atoms with Crippen molar-refractivity contribution < 1.29 is 0 Å². The SMILES string of the molecule is Brc1ccc(CC2CN=C(N3CCN(c4ccccc4)CC3)S2)cc1. The summed E-state index contributed by atoms with van der Waals surface area (Å²) >= 11 is 5.46. The molecule has 1 fully saturated rings. The Bertz CT molecular complexity index is 724. The fraction of sp³-hybridized carbons (Fsp3) is 0.350. The lowest BCUT2D eigenvalue weighted by atomic mass is 10.1. The van der Waals surface area contributed by atoms with Gasteiger partial charge in [-0.15, -0.1) is 0 Å². The van der Waals surface area contributed by atoms with E-state index in [-0.39, 0.29) is 0 Å². The van der Waals surface area contributed by atoms with Crippen LogP contribution in [0.15, 0.2) is 64.1 Å². The van der Waals surface area contributed by atoms with Gasteiger partial charge in [0.2, 0.25) is 0 Å². The summed E-state index contributed by atoms with van der Waals surface area (Å²) in [7, 11) is 0. The molecule has 130 valence electrons. The van der Waals surface area contributed by atoms with E-state index in [0.29, 0.717) is 5.25 Å². The van der Waals surface area contributed by atoms with Gasteiger partial charge in [0, 0.05) is 41.6 Å². The highest BCUT2D eigenvalue weighted by Gasteiger charge is 2.26. The third-order valence-corrected chi connectivity index (χ3v) is 6.53. The minimum Gasteiger partial charge on any atom is -0.368 e. The number of nitrogens with zero attached hydrogens (tertiary/aromatic N) is 3. The number of piperazine rings is 1. The summed E-state index contributed by atoms with van der Waals surface area (Å²) in [5.74, 6) is 0. The van der Waals surface area contributed by atoms with Gasteiger partial charge in [-0.25, -0.2) is 0 Å². The standard InChI is InChI=1S/C20H22BrN3S/c21-17-8-6-16(7-9-17)14-19-15-22-20(25-19)24-12-10-23(11-13-24)18-4-2-1-3-5-18/h1-9,19H,10-15H2. The zero-order chi connectivity index (χ0) is 17.1. The molecule has 2 aromatic rings. The highest BCUT2D eigenvalue weighted by molar-refractivity contribution is 9.10. The van der Waals surface area contributed by atoms with Crippen LogP contribution in [0, 0.1) is 0 Å². The van der Waals surface area contributed by atoms with Crippen molar-refractivity contribution in [2.75, 3.05) is 37.6 Å². The summed E-state index contributed by atoms with van der Waals surface area (Å²) in [4.78, 5) is 9.76. The number of aliphatic imine (C=N–C) groups is 1. The molecule has 0 N–H and O–H groups in total.